The van der Waals surface area contributed by atoms with Crippen LogP contribution in [0.15, 0.2) is 462 Å². The van der Waals surface area contributed by atoms with Crippen molar-refractivity contribution in [3.05, 3.63) is 449 Å². The summed E-state index contributed by atoms with van der Waals surface area (Å²) in [5, 5.41) is 17.1. The molecule has 0 unspecified atom stereocenters. The van der Waals surface area contributed by atoms with Crippen LogP contribution in [0.2, 0.25) is 0 Å². The molecule has 15 nitrogen and oxygen atoms in total. The van der Waals surface area contributed by atoms with Crippen LogP contribution in [0.3, 0.4) is 0 Å². The van der Waals surface area contributed by atoms with E-state index in [0.717, 1.165) is 178 Å². The summed E-state index contributed by atoms with van der Waals surface area (Å²) in [6.45, 7) is 0. The number of anilines is 9. The molecule has 0 saturated heterocycles. The van der Waals surface area contributed by atoms with Crippen molar-refractivity contribution in [2.24, 2.45) is 0 Å². The molecule has 3 aliphatic heterocycles. The molecular formula is C126H74N12O3. The first-order valence-corrected chi connectivity index (χ1v) is 47.5. The maximum absolute atomic E-state index is 6.60. The van der Waals surface area contributed by atoms with E-state index in [-0.39, 0.29) is 0 Å². The predicted molar refractivity (Wildman–Crippen MR) is 575 cm³/mol. The summed E-state index contributed by atoms with van der Waals surface area (Å²) in [4.78, 5) is 38.8. The zero-order valence-corrected chi connectivity index (χ0v) is 75.3. The number of nitrogens with zero attached hydrogens (tertiary/aromatic N) is 12. The van der Waals surface area contributed by atoms with Crippen molar-refractivity contribution >= 4 is 216 Å². The molecule has 0 aliphatic carbocycles. The summed E-state index contributed by atoms with van der Waals surface area (Å²) in [6.07, 6.45) is 0. The molecule has 20 aromatic carbocycles. The van der Waals surface area contributed by atoms with Gasteiger partial charge in [0.2, 0.25) is 17.8 Å². The Kier molecular flexibility index (Phi) is 16.9. The van der Waals surface area contributed by atoms with Gasteiger partial charge in [0.1, 0.15) is 44.7 Å². The zero-order chi connectivity index (χ0) is 92.2. The Bertz CT molecular complexity index is 10300. The summed E-state index contributed by atoms with van der Waals surface area (Å²) >= 11 is 0. The monoisotopic (exact) mass is 1800 g/mol. The van der Waals surface area contributed by atoms with Gasteiger partial charge in [0.15, 0.2) is 22.6 Å². The number of para-hydroxylation sites is 12. The number of benzene rings is 20. The van der Waals surface area contributed by atoms with Crippen LogP contribution in [0.25, 0.3) is 237 Å². The fourth-order valence-corrected chi connectivity index (χ4v) is 22.6. The lowest BCUT2D eigenvalue weighted by molar-refractivity contribution is 0.662. The lowest BCUT2D eigenvalue weighted by Gasteiger charge is -2.32. The van der Waals surface area contributed by atoms with Crippen LogP contribution in [0.1, 0.15) is 0 Å². The van der Waals surface area contributed by atoms with E-state index in [9.17, 15) is 0 Å². The fourth-order valence-electron chi connectivity index (χ4n) is 22.6. The van der Waals surface area contributed by atoms with Gasteiger partial charge < -0.3 is 22.4 Å². The molecule has 0 atom stereocenters. The Morgan fingerprint density at radius 2 is 0.482 bits per heavy atom. The Hall–Kier alpha value is -19.4. The minimum atomic E-state index is 0.602. The van der Waals surface area contributed by atoms with Crippen LogP contribution in [0, 0.1) is 0 Å². The number of fused-ring (bicyclic) bond motifs is 24. The number of hydrogen-bond acceptors (Lipinski definition) is 12. The van der Waals surface area contributed by atoms with Gasteiger partial charge in [-0.05, 0) is 172 Å². The largest absolute Gasteiger partial charge is 0.452 e. The van der Waals surface area contributed by atoms with Crippen LogP contribution >= 0.6 is 0 Å². The topological polar surface area (TPSA) is 141 Å². The zero-order valence-electron chi connectivity index (χ0n) is 75.3. The van der Waals surface area contributed by atoms with Crippen molar-refractivity contribution in [2.45, 2.75) is 0 Å². The average Bonchev–Trinajstić information content (AvgIpc) is 1.67. The van der Waals surface area contributed by atoms with E-state index in [1.54, 1.807) is 0 Å². The molecule has 0 N–H and O–H groups in total. The van der Waals surface area contributed by atoms with E-state index < -0.39 is 0 Å². The first kappa shape index (κ1) is 78.0. The van der Waals surface area contributed by atoms with Gasteiger partial charge in [-0.3, -0.25) is 19.3 Å². The molecule has 0 bridgehead atoms. The molecule has 0 spiro atoms. The normalized spacial score (nSPS) is 12.5. The van der Waals surface area contributed by atoms with E-state index in [4.69, 9.17) is 43.2 Å². The van der Waals surface area contributed by atoms with Crippen LogP contribution in [-0.4, -0.2) is 43.6 Å². The highest BCUT2D eigenvalue weighted by molar-refractivity contribution is 6.21. The van der Waals surface area contributed by atoms with E-state index in [0.29, 0.717) is 34.6 Å². The quantitative estimate of drug-likeness (QED) is 0.143. The number of aromatic nitrogens is 9. The van der Waals surface area contributed by atoms with Gasteiger partial charge in [-0.25, -0.2) is 24.9 Å². The molecule has 29 aromatic rings. The third-order valence-electron chi connectivity index (χ3n) is 28.6. The second kappa shape index (κ2) is 30.6. The standard InChI is InChI=1S/2C44H26N4O.C38H22N4O/c1-2-14-29(15-3-1)47-35-20-7-5-17-31(35)34-26-28(24-25-37(34)47)41-43-42(33-18-6-9-23-39(33)49-43)46-44(45-41)48-36-21-8-4-16-30(36)32-19-10-12-27-13-11-22-38(48)40(27)32;1-2-14-29(15-3-1)47-35-20-7-4-16-30(35)32-25-24-28(26-38(32)47)41-43-42(34-18-6-9-23-39(34)49-43)46-44(45-41)48-36-21-8-5-17-31(36)33-19-10-12-27-13-11-22-37(48)40(27)33;1-5-18-29-24(13-1)25-14-2-6-19-30(25)41(29)37-36-35(28-16-4-8-22-33(28)43-36)39-38(40-37)42-31-20-7-3-15-26(31)27-17-9-11-23-12-10-21-32(42)34(23)27/h2*1-26H;1-22H. The van der Waals surface area contributed by atoms with Gasteiger partial charge in [0.05, 0.1) is 67.2 Å². The molecule has 12 heterocycles. The van der Waals surface area contributed by atoms with Crippen molar-refractivity contribution in [2.75, 3.05) is 14.7 Å². The number of rotatable bonds is 8. The highest BCUT2D eigenvalue weighted by Crippen LogP contribution is 2.56. The van der Waals surface area contributed by atoms with Crippen LogP contribution in [0.4, 0.5) is 52.0 Å². The summed E-state index contributed by atoms with van der Waals surface area (Å²) in [5.74, 6) is 2.53. The van der Waals surface area contributed by atoms with Gasteiger partial charge in [-0.15, -0.1) is 0 Å². The van der Waals surface area contributed by atoms with Crippen LogP contribution in [0.5, 0.6) is 0 Å². The molecule has 0 saturated carbocycles. The van der Waals surface area contributed by atoms with Gasteiger partial charge in [0.25, 0.3) is 0 Å². The average molecular weight is 1800 g/mol. The third-order valence-corrected chi connectivity index (χ3v) is 28.6. The molecular weight excluding hydrogens is 1730 g/mol. The van der Waals surface area contributed by atoms with E-state index >= 15 is 0 Å². The smallest absolute Gasteiger partial charge is 0.237 e. The predicted octanol–water partition coefficient (Wildman–Crippen LogP) is 33.6. The Labute approximate surface area is 804 Å². The van der Waals surface area contributed by atoms with Crippen LogP contribution < -0.4 is 14.7 Å². The van der Waals surface area contributed by atoms with Crippen molar-refractivity contribution in [1.82, 2.24) is 43.6 Å². The van der Waals surface area contributed by atoms with Gasteiger partial charge in [-0.2, -0.15) is 4.98 Å². The second-order valence-electron chi connectivity index (χ2n) is 36.2. The SMILES string of the molecule is c1ccc(-n2c3ccccc3c3cc(-c4nc(N5c6ccccc6-c6cccc7cccc5c67)nc5c4oc4ccccc45)ccc32)cc1.c1ccc(-n2c3ccccc3c3ccc(-c4nc(N5c6ccccc6-c6cccc7cccc5c67)nc5c4oc4ccccc45)cc32)cc1.c1ccc2c(c1)-c1cccc3cccc(c13)N2c1nc(-n2c3ccccc3c3ccccc32)c2oc3ccccc3c2n1. The molecule has 0 fully saturated rings. The lowest BCUT2D eigenvalue weighted by atomic mass is 9.91. The first-order valence-electron chi connectivity index (χ1n) is 47.5. The van der Waals surface area contributed by atoms with Crippen molar-refractivity contribution in [1.29, 1.82) is 0 Å². The maximum Gasteiger partial charge on any atom is 0.237 e. The van der Waals surface area contributed by atoms with E-state index in [1.165, 1.54) is 75.9 Å². The van der Waals surface area contributed by atoms with E-state index in [2.05, 4.69) is 423 Å². The second-order valence-corrected chi connectivity index (χ2v) is 36.2. The third kappa shape index (κ3) is 11.7. The minimum absolute atomic E-state index is 0.602. The van der Waals surface area contributed by atoms with Gasteiger partial charge in [0, 0.05) is 104 Å². The molecule has 656 valence electrons. The van der Waals surface area contributed by atoms with Crippen LogP contribution in [-0.2, 0) is 0 Å². The molecule has 32 rings (SSSR count). The van der Waals surface area contributed by atoms with Crippen molar-refractivity contribution in [3.8, 4) is 73.1 Å². The highest BCUT2D eigenvalue weighted by atomic mass is 16.3. The number of furan rings is 3. The Morgan fingerprint density at radius 3 is 0.915 bits per heavy atom. The van der Waals surface area contributed by atoms with Crippen molar-refractivity contribution < 1.29 is 13.3 Å². The molecule has 3 aliphatic rings. The van der Waals surface area contributed by atoms with E-state index in [1.807, 2.05) is 54.6 Å². The molecule has 15 heteroatoms. The highest BCUT2D eigenvalue weighted by Gasteiger charge is 2.36. The minimum Gasteiger partial charge on any atom is -0.452 e. The Balaban J connectivity index is 0.0000000994. The molecule has 0 amide bonds. The fraction of sp³-hybridized carbons (Fsp3) is 0. The molecule has 141 heavy (non-hydrogen) atoms. The summed E-state index contributed by atoms with van der Waals surface area (Å²) < 4.78 is 26.7. The number of hydrogen-bond donors (Lipinski definition) is 0. The summed E-state index contributed by atoms with van der Waals surface area (Å²) in [6, 6.07) is 157. The maximum atomic E-state index is 6.60. The first-order chi connectivity index (χ1) is 70.0. The Morgan fingerprint density at radius 1 is 0.184 bits per heavy atom. The lowest BCUT2D eigenvalue weighted by Crippen LogP contribution is -2.18. The molecule has 9 aromatic heterocycles. The van der Waals surface area contributed by atoms with Gasteiger partial charge >= 0.3 is 0 Å². The summed E-state index contributed by atoms with van der Waals surface area (Å²) in [7, 11) is 0. The summed E-state index contributed by atoms with van der Waals surface area (Å²) in [5.41, 5.74) is 32.6. The van der Waals surface area contributed by atoms with Crippen molar-refractivity contribution in [3.63, 3.8) is 0 Å². The molecule has 0 radical (unpaired) electrons. The van der Waals surface area contributed by atoms with Gasteiger partial charge in [-0.1, -0.05) is 309 Å².